The van der Waals surface area contributed by atoms with Crippen molar-refractivity contribution in [1.29, 1.82) is 0 Å². The highest BCUT2D eigenvalue weighted by molar-refractivity contribution is 6.30. The summed E-state index contributed by atoms with van der Waals surface area (Å²) in [5.74, 6) is 1.11. The van der Waals surface area contributed by atoms with Gasteiger partial charge >= 0.3 is 0 Å². The molecule has 3 nitrogen and oxygen atoms in total. The lowest BCUT2D eigenvalue weighted by Crippen LogP contribution is -2.33. The van der Waals surface area contributed by atoms with Gasteiger partial charge in [0.2, 0.25) is 0 Å². The number of aromatic nitrogens is 2. The standard InChI is InChI=1S/C16H25ClN2O/c1-10-13(15(17)19(5)18-10)9-11-8-12(16(2,3)4)6-7-14(11)20/h11-12H,6-9H2,1-5H3. The lowest BCUT2D eigenvalue weighted by Gasteiger charge is -2.37. The van der Waals surface area contributed by atoms with Gasteiger partial charge in [0.05, 0.1) is 5.69 Å². The number of aryl methyl sites for hydroxylation is 2. The molecule has 0 aromatic carbocycles. The van der Waals surface area contributed by atoms with Crippen LogP contribution in [0.1, 0.15) is 51.3 Å². The normalized spacial score (nSPS) is 24.2. The van der Waals surface area contributed by atoms with Crippen LogP contribution in [0, 0.1) is 24.2 Å². The number of carbonyl (C=O) groups is 1. The lowest BCUT2D eigenvalue weighted by atomic mass is 9.67. The molecule has 0 bridgehead atoms. The average molecular weight is 297 g/mol. The fraction of sp³-hybridized carbons (Fsp3) is 0.750. The molecule has 1 heterocycles. The fourth-order valence-corrected chi connectivity index (χ4v) is 3.50. The second-order valence-corrected chi connectivity index (χ2v) is 7.54. The van der Waals surface area contributed by atoms with E-state index in [0.717, 1.165) is 30.5 Å². The molecule has 1 aromatic heterocycles. The van der Waals surface area contributed by atoms with Crippen molar-refractivity contribution in [3.63, 3.8) is 0 Å². The number of Topliss-reactive ketones (excluding diaryl/α,β-unsaturated/α-hetero) is 1. The molecule has 112 valence electrons. The summed E-state index contributed by atoms with van der Waals surface area (Å²) < 4.78 is 1.70. The number of nitrogens with zero attached hydrogens (tertiary/aromatic N) is 2. The summed E-state index contributed by atoms with van der Waals surface area (Å²) >= 11 is 6.30. The van der Waals surface area contributed by atoms with Crippen molar-refractivity contribution in [2.24, 2.45) is 24.3 Å². The second kappa shape index (κ2) is 5.51. The molecule has 2 atom stereocenters. The first-order valence-electron chi connectivity index (χ1n) is 7.40. The first kappa shape index (κ1) is 15.6. The van der Waals surface area contributed by atoms with Crippen LogP contribution >= 0.6 is 11.6 Å². The third-order valence-corrected chi connectivity index (χ3v) is 5.18. The van der Waals surface area contributed by atoms with Crippen LogP contribution in [0.15, 0.2) is 0 Å². The highest BCUT2D eigenvalue weighted by Crippen LogP contribution is 2.40. The monoisotopic (exact) mass is 296 g/mol. The first-order chi connectivity index (χ1) is 9.20. The van der Waals surface area contributed by atoms with Crippen LogP contribution in [0.2, 0.25) is 5.15 Å². The van der Waals surface area contributed by atoms with Crippen LogP contribution < -0.4 is 0 Å². The average Bonchev–Trinajstić information content (AvgIpc) is 2.57. The Labute approximate surface area is 126 Å². The molecule has 1 aliphatic carbocycles. The molecule has 0 N–H and O–H groups in total. The van der Waals surface area contributed by atoms with E-state index in [4.69, 9.17) is 11.6 Å². The van der Waals surface area contributed by atoms with E-state index in [9.17, 15) is 4.79 Å². The fourth-order valence-electron chi connectivity index (χ4n) is 3.25. The zero-order chi connectivity index (χ0) is 15.1. The Bertz CT molecular complexity index is 513. The number of halogens is 1. The maximum absolute atomic E-state index is 12.2. The van der Waals surface area contributed by atoms with Gasteiger partial charge in [-0.3, -0.25) is 9.48 Å². The summed E-state index contributed by atoms with van der Waals surface area (Å²) in [6.07, 6.45) is 3.46. The third-order valence-electron chi connectivity index (χ3n) is 4.71. The number of rotatable bonds is 2. The highest BCUT2D eigenvalue weighted by atomic mass is 35.5. The van der Waals surface area contributed by atoms with Crippen LogP contribution in [-0.2, 0) is 18.3 Å². The van der Waals surface area contributed by atoms with Gasteiger partial charge in [-0.05, 0) is 37.5 Å². The minimum Gasteiger partial charge on any atom is -0.299 e. The van der Waals surface area contributed by atoms with Gasteiger partial charge in [-0.1, -0.05) is 32.4 Å². The summed E-state index contributed by atoms with van der Waals surface area (Å²) in [6.45, 7) is 8.78. The van der Waals surface area contributed by atoms with E-state index in [2.05, 4.69) is 25.9 Å². The molecule has 2 unspecified atom stereocenters. The van der Waals surface area contributed by atoms with Gasteiger partial charge in [-0.2, -0.15) is 5.10 Å². The second-order valence-electron chi connectivity index (χ2n) is 7.18. The molecule has 0 radical (unpaired) electrons. The molecule has 1 aliphatic rings. The number of hydrogen-bond acceptors (Lipinski definition) is 2. The summed E-state index contributed by atoms with van der Waals surface area (Å²) in [6, 6.07) is 0. The Kier molecular flexibility index (Phi) is 4.29. The minimum atomic E-state index is 0.105. The molecule has 1 fully saturated rings. The molecule has 20 heavy (non-hydrogen) atoms. The molecule has 0 spiro atoms. The zero-order valence-electron chi connectivity index (χ0n) is 13.2. The van der Waals surface area contributed by atoms with Gasteiger partial charge in [0.25, 0.3) is 0 Å². The predicted molar refractivity (Wildman–Crippen MR) is 82.0 cm³/mol. The van der Waals surface area contributed by atoms with Gasteiger partial charge in [-0.15, -0.1) is 0 Å². The maximum Gasteiger partial charge on any atom is 0.136 e. The van der Waals surface area contributed by atoms with Crippen LogP contribution in [0.3, 0.4) is 0 Å². The van der Waals surface area contributed by atoms with Crippen molar-refractivity contribution < 1.29 is 4.79 Å². The molecule has 0 saturated heterocycles. The van der Waals surface area contributed by atoms with Crippen LogP contribution in [0.5, 0.6) is 0 Å². The van der Waals surface area contributed by atoms with Crippen molar-refractivity contribution in [3.05, 3.63) is 16.4 Å². The Morgan fingerprint density at radius 2 is 2.05 bits per heavy atom. The Balaban J connectivity index is 2.17. The van der Waals surface area contributed by atoms with E-state index >= 15 is 0 Å². The summed E-state index contributed by atoms with van der Waals surface area (Å²) in [5, 5.41) is 5.02. The molecule has 1 saturated carbocycles. The quantitative estimate of drug-likeness (QED) is 0.828. The van der Waals surface area contributed by atoms with Gasteiger partial charge in [0.15, 0.2) is 0 Å². The largest absolute Gasteiger partial charge is 0.299 e. The highest BCUT2D eigenvalue weighted by Gasteiger charge is 2.35. The Hall–Kier alpha value is -0.830. The SMILES string of the molecule is Cc1nn(C)c(Cl)c1CC1CC(C(C)(C)C)CCC1=O. The van der Waals surface area contributed by atoms with Gasteiger partial charge in [0.1, 0.15) is 10.9 Å². The maximum atomic E-state index is 12.2. The van der Waals surface area contributed by atoms with E-state index in [1.807, 2.05) is 14.0 Å². The first-order valence-corrected chi connectivity index (χ1v) is 7.78. The van der Waals surface area contributed by atoms with E-state index in [-0.39, 0.29) is 11.3 Å². The third kappa shape index (κ3) is 3.08. The van der Waals surface area contributed by atoms with E-state index in [1.54, 1.807) is 4.68 Å². The molecule has 1 aromatic rings. The summed E-state index contributed by atoms with van der Waals surface area (Å²) in [7, 11) is 1.85. The Morgan fingerprint density at radius 3 is 2.55 bits per heavy atom. The van der Waals surface area contributed by atoms with E-state index in [0.29, 0.717) is 23.3 Å². The van der Waals surface area contributed by atoms with Crippen molar-refractivity contribution >= 4 is 17.4 Å². The molecule has 0 amide bonds. The molecular weight excluding hydrogens is 272 g/mol. The predicted octanol–water partition coefficient (Wildman–Crippen LogP) is 3.96. The van der Waals surface area contributed by atoms with Crippen LogP contribution in [0.4, 0.5) is 0 Å². The van der Waals surface area contributed by atoms with Gasteiger partial charge < -0.3 is 0 Å². The van der Waals surface area contributed by atoms with Crippen LogP contribution in [0.25, 0.3) is 0 Å². The van der Waals surface area contributed by atoms with Crippen LogP contribution in [-0.4, -0.2) is 15.6 Å². The lowest BCUT2D eigenvalue weighted by molar-refractivity contribution is -0.126. The van der Waals surface area contributed by atoms with Crippen molar-refractivity contribution in [2.45, 2.75) is 53.4 Å². The Morgan fingerprint density at radius 1 is 1.40 bits per heavy atom. The van der Waals surface area contributed by atoms with Gasteiger partial charge in [0, 0.05) is 24.9 Å². The minimum absolute atomic E-state index is 0.105. The smallest absolute Gasteiger partial charge is 0.136 e. The molecule has 2 rings (SSSR count). The van der Waals surface area contributed by atoms with Crippen molar-refractivity contribution in [1.82, 2.24) is 9.78 Å². The number of carbonyl (C=O) groups excluding carboxylic acids is 1. The number of ketones is 1. The van der Waals surface area contributed by atoms with Gasteiger partial charge in [-0.25, -0.2) is 0 Å². The summed E-state index contributed by atoms with van der Waals surface area (Å²) in [5.41, 5.74) is 2.26. The van der Waals surface area contributed by atoms with E-state index in [1.165, 1.54) is 0 Å². The van der Waals surface area contributed by atoms with E-state index < -0.39 is 0 Å². The molecule has 0 aliphatic heterocycles. The molecular formula is C16H25ClN2O. The van der Waals surface area contributed by atoms with Crippen molar-refractivity contribution in [3.8, 4) is 0 Å². The topological polar surface area (TPSA) is 34.9 Å². The number of hydrogen-bond donors (Lipinski definition) is 0. The van der Waals surface area contributed by atoms with Crippen molar-refractivity contribution in [2.75, 3.05) is 0 Å². The zero-order valence-corrected chi connectivity index (χ0v) is 13.9. The molecule has 4 heteroatoms. The summed E-state index contributed by atoms with van der Waals surface area (Å²) in [4.78, 5) is 12.2.